The van der Waals surface area contributed by atoms with E-state index in [4.69, 9.17) is 37.4 Å². The van der Waals surface area contributed by atoms with Gasteiger partial charge in [-0.1, -0.05) is 34.9 Å². The summed E-state index contributed by atoms with van der Waals surface area (Å²) in [6.07, 6.45) is 10.3. The standard InChI is InChI=1S/C36H42Cl2N2O5/c37-26-5-10-30(11-6-26)45-35(42)14-2-24-1-12-31-33-22-27(38)7-13-34(33)39-36(31)32(21-24)25-3-8-29(9-4-25)44-18-15-28(41)23-40-16-19-43-20-17-40/h3,5-8,10-11,13,22,24,28,32,39,41H,1-2,4,9,12,14-21,23H2. The van der Waals surface area contributed by atoms with Crippen LogP contribution in [0.15, 0.2) is 65.9 Å². The molecule has 1 aliphatic heterocycles. The number of halogens is 2. The molecule has 7 nitrogen and oxygen atoms in total. The number of aliphatic hydroxyl groups excluding tert-OH is 1. The Morgan fingerprint density at radius 1 is 1.04 bits per heavy atom. The van der Waals surface area contributed by atoms with E-state index in [1.54, 1.807) is 24.3 Å². The molecule has 3 aliphatic rings. The van der Waals surface area contributed by atoms with Crippen LogP contribution in [0.4, 0.5) is 0 Å². The Morgan fingerprint density at radius 3 is 2.62 bits per heavy atom. The summed E-state index contributed by atoms with van der Waals surface area (Å²) in [7, 11) is 0. The average molecular weight is 654 g/mol. The molecule has 0 bridgehead atoms. The van der Waals surface area contributed by atoms with Crippen molar-refractivity contribution >= 4 is 40.1 Å². The van der Waals surface area contributed by atoms with Gasteiger partial charge in [0.2, 0.25) is 0 Å². The van der Waals surface area contributed by atoms with E-state index < -0.39 is 6.10 Å². The summed E-state index contributed by atoms with van der Waals surface area (Å²) in [5.41, 5.74) is 5.11. The van der Waals surface area contributed by atoms with Crippen LogP contribution in [0.3, 0.4) is 0 Å². The van der Waals surface area contributed by atoms with E-state index in [1.165, 1.54) is 22.2 Å². The van der Waals surface area contributed by atoms with Gasteiger partial charge in [-0.25, -0.2) is 0 Å². The third-order valence-electron chi connectivity index (χ3n) is 9.33. The highest BCUT2D eigenvalue weighted by molar-refractivity contribution is 6.31. The van der Waals surface area contributed by atoms with Crippen LogP contribution in [0.2, 0.25) is 10.0 Å². The number of β-amino-alcohol motifs (C(OH)–C–C–N with tert-alkyl or cyclic N) is 1. The number of hydrogen-bond acceptors (Lipinski definition) is 6. The Morgan fingerprint density at radius 2 is 1.84 bits per heavy atom. The first-order valence-electron chi connectivity index (χ1n) is 16.2. The number of aliphatic hydroxyl groups is 1. The summed E-state index contributed by atoms with van der Waals surface area (Å²) >= 11 is 12.4. The molecule has 3 aromatic rings. The van der Waals surface area contributed by atoms with E-state index in [0.29, 0.717) is 42.7 Å². The predicted octanol–water partition coefficient (Wildman–Crippen LogP) is 7.60. The molecule has 1 fully saturated rings. The number of nitrogens with one attached hydrogen (secondary N) is 1. The predicted molar refractivity (Wildman–Crippen MR) is 178 cm³/mol. The molecule has 3 atom stereocenters. The van der Waals surface area contributed by atoms with Crippen molar-refractivity contribution in [1.29, 1.82) is 0 Å². The number of carbonyl (C=O) groups is 1. The summed E-state index contributed by atoms with van der Waals surface area (Å²) in [5, 5.41) is 13.0. The lowest BCUT2D eigenvalue weighted by molar-refractivity contribution is -0.134. The van der Waals surface area contributed by atoms with Crippen molar-refractivity contribution < 1.29 is 24.1 Å². The van der Waals surface area contributed by atoms with E-state index in [0.717, 1.165) is 81.1 Å². The molecule has 0 amide bonds. The van der Waals surface area contributed by atoms with Crippen LogP contribution >= 0.6 is 23.2 Å². The third-order valence-corrected chi connectivity index (χ3v) is 9.81. The second-order valence-corrected chi connectivity index (χ2v) is 13.3. The number of fused-ring (bicyclic) bond motifs is 3. The van der Waals surface area contributed by atoms with Gasteiger partial charge in [-0.2, -0.15) is 0 Å². The number of H-pyrrole nitrogens is 1. The number of rotatable bonds is 11. The number of aromatic amines is 1. The molecule has 0 radical (unpaired) electrons. The molecule has 9 heteroatoms. The monoisotopic (exact) mass is 652 g/mol. The van der Waals surface area contributed by atoms with Gasteiger partial charge in [0.1, 0.15) is 5.75 Å². The minimum Gasteiger partial charge on any atom is -0.498 e. The maximum atomic E-state index is 12.7. The third kappa shape index (κ3) is 8.52. The number of aryl methyl sites for hydroxylation is 1. The van der Waals surface area contributed by atoms with Gasteiger partial charge in [0.15, 0.2) is 0 Å². The Labute approximate surface area is 275 Å². The number of aromatic nitrogens is 1. The van der Waals surface area contributed by atoms with Crippen LogP contribution in [0.25, 0.3) is 10.9 Å². The quantitative estimate of drug-likeness (QED) is 0.126. The molecule has 2 aromatic carbocycles. The SMILES string of the molecule is O=C(CCC1CCc2c([nH]c3ccc(Cl)cc23)C(C2=CC=C(OCCC(O)CN3CCOCC3)CC2)C1)Oc1ccc(Cl)cc1. The first-order chi connectivity index (χ1) is 21.9. The van der Waals surface area contributed by atoms with Gasteiger partial charge < -0.3 is 24.3 Å². The van der Waals surface area contributed by atoms with Gasteiger partial charge in [0.25, 0.3) is 0 Å². The van der Waals surface area contributed by atoms with Gasteiger partial charge in [0, 0.05) is 71.5 Å². The minimum atomic E-state index is -0.404. The van der Waals surface area contributed by atoms with E-state index in [9.17, 15) is 9.90 Å². The van der Waals surface area contributed by atoms with Crippen LogP contribution in [-0.4, -0.2) is 66.5 Å². The lowest BCUT2D eigenvalue weighted by atomic mass is 9.81. The molecule has 3 unspecified atom stereocenters. The fourth-order valence-electron chi connectivity index (χ4n) is 6.88. The Hall–Kier alpha value is -2.81. The lowest BCUT2D eigenvalue weighted by Gasteiger charge is -2.28. The van der Waals surface area contributed by atoms with Gasteiger partial charge in [-0.15, -0.1) is 0 Å². The normalized spacial score (nSPS) is 21.4. The number of benzene rings is 2. The fraction of sp³-hybridized carbons (Fsp3) is 0.472. The van der Waals surface area contributed by atoms with Crippen molar-refractivity contribution in [2.24, 2.45) is 5.92 Å². The second-order valence-electron chi connectivity index (χ2n) is 12.4. The topological polar surface area (TPSA) is 84.0 Å². The number of allylic oxidation sites excluding steroid dienone is 4. The van der Waals surface area contributed by atoms with Crippen LogP contribution in [-0.2, 0) is 20.7 Å². The van der Waals surface area contributed by atoms with E-state index >= 15 is 0 Å². The molecule has 0 spiro atoms. The molecule has 2 aliphatic carbocycles. The lowest BCUT2D eigenvalue weighted by Crippen LogP contribution is -2.41. The molecular formula is C36H42Cl2N2O5. The number of morpholine rings is 1. The number of nitrogens with zero attached hydrogens (tertiary/aromatic N) is 1. The second kappa shape index (κ2) is 15.2. The van der Waals surface area contributed by atoms with Gasteiger partial charge in [0.05, 0.1) is 31.7 Å². The average Bonchev–Trinajstić information content (AvgIpc) is 3.29. The van der Waals surface area contributed by atoms with E-state index in [1.807, 2.05) is 6.07 Å². The number of ether oxygens (including phenoxy) is 3. The minimum absolute atomic E-state index is 0.217. The first kappa shape index (κ1) is 32.1. The molecule has 240 valence electrons. The molecule has 45 heavy (non-hydrogen) atoms. The van der Waals surface area contributed by atoms with Gasteiger partial charge in [-0.05, 0) is 92.1 Å². The van der Waals surface area contributed by atoms with Crippen LogP contribution in [0, 0.1) is 5.92 Å². The number of hydrogen-bond donors (Lipinski definition) is 2. The van der Waals surface area contributed by atoms with Crippen LogP contribution < -0.4 is 4.74 Å². The van der Waals surface area contributed by atoms with Gasteiger partial charge in [-0.3, -0.25) is 9.69 Å². The van der Waals surface area contributed by atoms with Crippen molar-refractivity contribution in [2.75, 3.05) is 39.5 Å². The van der Waals surface area contributed by atoms with E-state index in [-0.39, 0.29) is 11.9 Å². The van der Waals surface area contributed by atoms with Crippen molar-refractivity contribution in [2.45, 2.75) is 63.4 Å². The van der Waals surface area contributed by atoms with Crippen LogP contribution in [0.1, 0.15) is 62.1 Å². The maximum absolute atomic E-state index is 12.7. The van der Waals surface area contributed by atoms with E-state index in [2.05, 4.69) is 34.2 Å². The molecule has 2 N–H and O–H groups in total. The van der Waals surface area contributed by atoms with Crippen molar-refractivity contribution in [3.63, 3.8) is 0 Å². The first-order valence-corrected chi connectivity index (χ1v) is 16.9. The largest absolute Gasteiger partial charge is 0.498 e. The highest BCUT2D eigenvalue weighted by atomic mass is 35.5. The van der Waals surface area contributed by atoms with Gasteiger partial charge >= 0.3 is 5.97 Å². The number of esters is 1. The molecule has 2 heterocycles. The number of carbonyl (C=O) groups excluding carboxylic acids is 1. The zero-order valence-electron chi connectivity index (χ0n) is 25.6. The highest BCUT2D eigenvalue weighted by Gasteiger charge is 2.31. The summed E-state index contributed by atoms with van der Waals surface area (Å²) < 4.78 is 17.1. The Bertz CT molecular complexity index is 1530. The summed E-state index contributed by atoms with van der Waals surface area (Å²) in [4.78, 5) is 18.7. The highest BCUT2D eigenvalue weighted by Crippen LogP contribution is 2.44. The molecular weight excluding hydrogens is 611 g/mol. The molecule has 1 saturated heterocycles. The van der Waals surface area contributed by atoms with Crippen LogP contribution in [0.5, 0.6) is 5.75 Å². The zero-order chi connectivity index (χ0) is 31.2. The fourth-order valence-corrected chi connectivity index (χ4v) is 7.17. The van der Waals surface area contributed by atoms with Crippen molar-refractivity contribution in [3.8, 4) is 5.75 Å². The molecule has 1 aromatic heterocycles. The Balaban J connectivity index is 1.11. The van der Waals surface area contributed by atoms with Crippen molar-refractivity contribution in [3.05, 3.63) is 87.3 Å². The zero-order valence-corrected chi connectivity index (χ0v) is 27.1. The smallest absolute Gasteiger partial charge is 0.311 e. The summed E-state index contributed by atoms with van der Waals surface area (Å²) in [5.74, 6) is 1.87. The summed E-state index contributed by atoms with van der Waals surface area (Å²) in [6, 6.07) is 13.0. The summed E-state index contributed by atoms with van der Waals surface area (Å²) in [6.45, 7) is 4.38. The molecule has 0 saturated carbocycles. The molecule has 6 rings (SSSR count). The Kier molecular flexibility index (Phi) is 10.8. The van der Waals surface area contributed by atoms with Crippen molar-refractivity contribution in [1.82, 2.24) is 9.88 Å². The maximum Gasteiger partial charge on any atom is 0.311 e.